The summed E-state index contributed by atoms with van der Waals surface area (Å²) in [5.74, 6) is -1.07. The molecule has 12 heteroatoms. The third-order valence-corrected chi connectivity index (χ3v) is 5.94. The van der Waals surface area contributed by atoms with E-state index < -0.39 is 30.2 Å². The minimum atomic E-state index is -4.51. The molecule has 1 aliphatic rings. The van der Waals surface area contributed by atoms with Crippen molar-refractivity contribution in [1.82, 2.24) is 14.9 Å². The Labute approximate surface area is 216 Å². The molecule has 4 rings (SSSR count). The number of amides is 3. The van der Waals surface area contributed by atoms with Gasteiger partial charge < -0.3 is 24.8 Å². The summed E-state index contributed by atoms with van der Waals surface area (Å²) in [6.45, 7) is 1.07. The molecule has 1 aromatic heterocycles. The van der Waals surface area contributed by atoms with E-state index in [2.05, 4.69) is 15.6 Å². The van der Waals surface area contributed by atoms with Crippen molar-refractivity contribution < 1.29 is 32.3 Å². The summed E-state index contributed by atoms with van der Waals surface area (Å²) in [5.41, 5.74) is -0.270. The maximum absolute atomic E-state index is 12.8. The number of nitrogens with one attached hydrogen (secondary N) is 2. The van der Waals surface area contributed by atoms with Gasteiger partial charge in [-0.1, -0.05) is 6.07 Å². The van der Waals surface area contributed by atoms with Crippen LogP contribution in [0.5, 0.6) is 5.75 Å². The quantitative estimate of drug-likeness (QED) is 0.392. The number of rotatable bonds is 10. The number of hydrogen-bond acceptors (Lipinski definition) is 5. The van der Waals surface area contributed by atoms with Gasteiger partial charge in [0.25, 0.3) is 5.91 Å². The largest absolute Gasteiger partial charge is 0.484 e. The maximum atomic E-state index is 12.8. The normalized spacial score (nSPS) is 15.4. The van der Waals surface area contributed by atoms with Crippen LogP contribution in [0.1, 0.15) is 18.4 Å². The molecule has 200 valence electrons. The van der Waals surface area contributed by atoms with Gasteiger partial charge in [-0.3, -0.25) is 14.4 Å². The van der Waals surface area contributed by atoms with Gasteiger partial charge in [-0.05, 0) is 48.9 Å². The maximum Gasteiger partial charge on any atom is 0.416 e. The Morgan fingerprint density at radius 1 is 1.13 bits per heavy atom. The predicted octanol–water partition coefficient (Wildman–Crippen LogP) is 3.48. The first-order valence-electron chi connectivity index (χ1n) is 11.9. The van der Waals surface area contributed by atoms with Gasteiger partial charge in [0, 0.05) is 49.8 Å². The molecule has 0 bridgehead atoms. The first kappa shape index (κ1) is 26.7. The number of benzene rings is 2. The van der Waals surface area contributed by atoms with Crippen LogP contribution in [0.15, 0.2) is 67.3 Å². The van der Waals surface area contributed by atoms with Gasteiger partial charge in [-0.15, -0.1) is 0 Å². The highest BCUT2D eigenvalue weighted by molar-refractivity contribution is 6.00. The van der Waals surface area contributed by atoms with Crippen LogP contribution >= 0.6 is 0 Å². The van der Waals surface area contributed by atoms with Crippen LogP contribution in [0, 0.1) is 5.92 Å². The van der Waals surface area contributed by atoms with E-state index in [0.29, 0.717) is 18.0 Å². The number of anilines is 2. The zero-order valence-corrected chi connectivity index (χ0v) is 20.3. The first-order chi connectivity index (χ1) is 18.2. The molecule has 1 saturated heterocycles. The highest BCUT2D eigenvalue weighted by atomic mass is 19.4. The average Bonchev–Trinajstić information content (AvgIpc) is 3.55. The molecule has 3 amide bonds. The highest BCUT2D eigenvalue weighted by Crippen LogP contribution is 2.31. The van der Waals surface area contributed by atoms with Crippen molar-refractivity contribution in [3.05, 3.63) is 72.8 Å². The Kier molecular flexibility index (Phi) is 8.29. The summed E-state index contributed by atoms with van der Waals surface area (Å²) >= 11 is 0. The highest BCUT2D eigenvalue weighted by Gasteiger charge is 2.35. The summed E-state index contributed by atoms with van der Waals surface area (Å²) < 4.78 is 45.8. The number of ether oxygens (including phenoxy) is 1. The molecule has 0 aliphatic carbocycles. The van der Waals surface area contributed by atoms with E-state index in [1.54, 1.807) is 36.8 Å². The summed E-state index contributed by atoms with van der Waals surface area (Å²) in [5, 5.41) is 5.25. The molecule has 0 saturated carbocycles. The topological polar surface area (TPSA) is 106 Å². The van der Waals surface area contributed by atoms with Crippen molar-refractivity contribution in [2.45, 2.75) is 25.6 Å². The zero-order valence-electron chi connectivity index (χ0n) is 20.3. The Bertz CT molecular complexity index is 1260. The molecule has 1 fully saturated rings. The van der Waals surface area contributed by atoms with Crippen LogP contribution in [0.25, 0.3) is 0 Å². The SMILES string of the molecule is O=C(COc1ccc(N2C[C@H](C(=O)NCCCn3ccnc3)CC2=O)cc1)Nc1cccc(C(F)(F)F)c1. The summed E-state index contributed by atoms with van der Waals surface area (Å²) in [4.78, 5) is 42.6. The van der Waals surface area contributed by atoms with Crippen LogP contribution in [0.4, 0.5) is 24.5 Å². The number of aromatic nitrogens is 2. The third kappa shape index (κ3) is 7.11. The summed E-state index contributed by atoms with van der Waals surface area (Å²) in [6.07, 6.45) is 1.59. The summed E-state index contributed by atoms with van der Waals surface area (Å²) in [6, 6.07) is 10.7. The van der Waals surface area contributed by atoms with Gasteiger partial charge in [0.15, 0.2) is 6.61 Å². The molecule has 0 radical (unpaired) electrons. The van der Waals surface area contributed by atoms with Crippen LogP contribution in [0.3, 0.4) is 0 Å². The van der Waals surface area contributed by atoms with Gasteiger partial charge in [0.1, 0.15) is 5.75 Å². The molecule has 3 aromatic rings. The van der Waals surface area contributed by atoms with Crippen molar-refractivity contribution in [2.24, 2.45) is 5.92 Å². The van der Waals surface area contributed by atoms with E-state index in [-0.39, 0.29) is 30.5 Å². The summed E-state index contributed by atoms with van der Waals surface area (Å²) in [7, 11) is 0. The number of carbonyl (C=O) groups is 3. The second-order valence-corrected chi connectivity index (χ2v) is 8.76. The Morgan fingerprint density at radius 3 is 2.63 bits per heavy atom. The molecule has 9 nitrogen and oxygen atoms in total. The van der Waals surface area contributed by atoms with E-state index in [0.717, 1.165) is 25.1 Å². The van der Waals surface area contributed by atoms with E-state index >= 15 is 0 Å². The Morgan fingerprint density at radius 2 is 1.92 bits per heavy atom. The van der Waals surface area contributed by atoms with E-state index in [9.17, 15) is 27.6 Å². The lowest BCUT2D eigenvalue weighted by Gasteiger charge is -2.17. The minimum absolute atomic E-state index is 0.00751. The lowest BCUT2D eigenvalue weighted by atomic mass is 10.1. The molecule has 0 unspecified atom stereocenters. The Balaban J connectivity index is 1.22. The van der Waals surface area contributed by atoms with E-state index in [1.807, 2.05) is 10.8 Å². The zero-order chi connectivity index (χ0) is 27.1. The fraction of sp³-hybridized carbons (Fsp3) is 0.308. The van der Waals surface area contributed by atoms with Crippen molar-refractivity contribution in [3.63, 3.8) is 0 Å². The van der Waals surface area contributed by atoms with Crippen molar-refractivity contribution in [2.75, 3.05) is 29.9 Å². The van der Waals surface area contributed by atoms with Crippen molar-refractivity contribution in [3.8, 4) is 5.75 Å². The second kappa shape index (κ2) is 11.8. The average molecular weight is 530 g/mol. The molecule has 38 heavy (non-hydrogen) atoms. The number of nitrogens with zero attached hydrogens (tertiary/aromatic N) is 3. The standard InChI is InChI=1S/C26H26F3N5O4/c27-26(28,29)19-3-1-4-20(14-19)32-23(35)16-38-22-7-5-21(6-8-22)34-15-18(13-24(34)36)25(37)31-9-2-11-33-12-10-30-17-33/h1,3-8,10,12,14,17-18H,2,9,11,13,15-16H2,(H,31,37)(H,32,35)/t18-/m1/s1. The van der Waals surface area contributed by atoms with Gasteiger partial charge in [0.2, 0.25) is 11.8 Å². The van der Waals surface area contributed by atoms with Crippen molar-refractivity contribution >= 4 is 29.1 Å². The van der Waals surface area contributed by atoms with Gasteiger partial charge in [-0.2, -0.15) is 13.2 Å². The third-order valence-electron chi connectivity index (χ3n) is 5.94. The van der Waals surface area contributed by atoms with Gasteiger partial charge in [0.05, 0.1) is 17.8 Å². The monoisotopic (exact) mass is 529 g/mol. The molecule has 1 atom stereocenters. The minimum Gasteiger partial charge on any atom is -0.484 e. The molecule has 1 aliphatic heterocycles. The first-order valence-corrected chi connectivity index (χ1v) is 11.9. The molecule has 2 heterocycles. The van der Waals surface area contributed by atoms with Crippen LogP contribution in [0.2, 0.25) is 0 Å². The number of hydrogen-bond donors (Lipinski definition) is 2. The number of carbonyl (C=O) groups excluding carboxylic acids is 3. The van der Waals surface area contributed by atoms with Crippen LogP contribution in [-0.4, -0.2) is 47.0 Å². The predicted molar refractivity (Wildman–Crippen MR) is 132 cm³/mol. The van der Waals surface area contributed by atoms with Crippen molar-refractivity contribution in [1.29, 1.82) is 0 Å². The van der Waals surface area contributed by atoms with Crippen LogP contribution in [-0.2, 0) is 27.1 Å². The second-order valence-electron chi connectivity index (χ2n) is 8.76. The van der Waals surface area contributed by atoms with Crippen LogP contribution < -0.4 is 20.3 Å². The van der Waals surface area contributed by atoms with Gasteiger partial charge in [-0.25, -0.2) is 4.98 Å². The lowest BCUT2D eigenvalue weighted by Crippen LogP contribution is -2.33. The number of imidazole rings is 1. The fourth-order valence-corrected chi connectivity index (χ4v) is 4.01. The number of aryl methyl sites for hydroxylation is 1. The lowest BCUT2D eigenvalue weighted by molar-refractivity contribution is -0.137. The van der Waals surface area contributed by atoms with Gasteiger partial charge >= 0.3 is 6.18 Å². The molecular weight excluding hydrogens is 503 g/mol. The molecule has 2 N–H and O–H groups in total. The Hall–Kier alpha value is -4.35. The number of alkyl halides is 3. The fourth-order valence-electron chi connectivity index (χ4n) is 4.01. The van der Waals surface area contributed by atoms with E-state index in [1.165, 1.54) is 17.0 Å². The molecule has 0 spiro atoms. The smallest absolute Gasteiger partial charge is 0.416 e. The molecule has 2 aromatic carbocycles. The molecular formula is C26H26F3N5O4. The number of halogens is 3. The van der Waals surface area contributed by atoms with E-state index in [4.69, 9.17) is 4.74 Å².